The Labute approximate surface area is 295 Å². The molecule has 0 amide bonds. The highest BCUT2D eigenvalue weighted by Gasteiger charge is 2.32. The summed E-state index contributed by atoms with van der Waals surface area (Å²) in [5, 5.41) is 4.88. The second-order valence-corrected chi connectivity index (χ2v) is 13.7. The van der Waals surface area contributed by atoms with Crippen LogP contribution in [0, 0.1) is 0 Å². The van der Waals surface area contributed by atoms with Gasteiger partial charge in [-0.15, -0.1) is 0 Å². The molecule has 51 heavy (non-hydrogen) atoms. The lowest BCUT2D eigenvalue weighted by atomic mass is 9.88. The molecule has 2 aromatic heterocycles. The SMILES string of the molecule is C1=CCC2C(=C1)n1c3ccccc3c3cc(-c4ccc(N(c5ccc(-c6ccccc6)cc5)c5ccc6oc7ccccc7c6c5)cc4)cc2c31. The zero-order chi connectivity index (χ0) is 33.5. The Morgan fingerprint density at radius 1 is 0.510 bits per heavy atom. The van der Waals surface area contributed by atoms with Gasteiger partial charge in [0.2, 0.25) is 0 Å². The highest BCUT2D eigenvalue weighted by molar-refractivity contribution is 6.15. The maximum absolute atomic E-state index is 6.21. The second-order valence-electron chi connectivity index (χ2n) is 13.7. The molecular weight excluding hydrogens is 621 g/mol. The van der Waals surface area contributed by atoms with Gasteiger partial charge in [0.05, 0.1) is 11.0 Å². The van der Waals surface area contributed by atoms with E-state index >= 15 is 0 Å². The van der Waals surface area contributed by atoms with Crippen LogP contribution >= 0.6 is 0 Å². The van der Waals surface area contributed by atoms with Gasteiger partial charge in [-0.1, -0.05) is 103 Å². The van der Waals surface area contributed by atoms with E-state index in [0.29, 0.717) is 5.92 Å². The van der Waals surface area contributed by atoms with Crippen LogP contribution in [-0.2, 0) is 0 Å². The van der Waals surface area contributed by atoms with Gasteiger partial charge >= 0.3 is 0 Å². The minimum absolute atomic E-state index is 0.389. The minimum atomic E-state index is 0.389. The summed E-state index contributed by atoms with van der Waals surface area (Å²) in [5.74, 6) is 0.389. The smallest absolute Gasteiger partial charge is 0.135 e. The maximum Gasteiger partial charge on any atom is 0.135 e. The van der Waals surface area contributed by atoms with Crippen molar-refractivity contribution in [2.45, 2.75) is 12.3 Å². The Hall–Kier alpha value is -6.58. The van der Waals surface area contributed by atoms with E-state index in [0.717, 1.165) is 45.4 Å². The van der Waals surface area contributed by atoms with Crippen molar-refractivity contribution in [1.29, 1.82) is 0 Å². The largest absolute Gasteiger partial charge is 0.456 e. The number of aromatic nitrogens is 1. The fraction of sp³-hybridized carbons (Fsp3) is 0.0417. The maximum atomic E-state index is 6.21. The molecule has 2 aliphatic rings. The van der Waals surface area contributed by atoms with E-state index in [1.54, 1.807) is 0 Å². The summed E-state index contributed by atoms with van der Waals surface area (Å²) in [5.41, 5.74) is 15.4. The van der Waals surface area contributed by atoms with Gasteiger partial charge < -0.3 is 13.9 Å². The third-order valence-corrected chi connectivity index (χ3v) is 10.9. The second kappa shape index (κ2) is 11.0. The molecule has 3 heterocycles. The van der Waals surface area contributed by atoms with E-state index in [1.165, 1.54) is 55.3 Å². The molecule has 0 fully saturated rings. The van der Waals surface area contributed by atoms with E-state index in [9.17, 15) is 0 Å². The summed E-state index contributed by atoms with van der Waals surface area (Å²) in [7, 11) is 0. The third-order valence-electron chi connectivity index (χ3n) is 10.9. The molecule has 9 aromatic rings. The van der Waals surface area contributed by atoms with Gasteiger partial charge in [-0.05, 0) is 107 Å². The van der Waals surface area contributed by atoms with Crippen molar-refractivity contribution in [1.82, 2.24) is 4.57 Å². The number of fused-ring (bicyclic) bond motifs is 9. The van der Waals surface area contributed by atoms with Gasteiger partial charge in [0.15, 0.2) is 0 Å². The molecular formula is C48H32N2O. The van der Waals surface area contributed by atoms with E-state index in [-0.39, 0.29) is 0 Å². The van der Waals surface area contributed by atoms with Crippen molar-refractivity contribution >= 4 is 66.5 Å². The number of allylic oxidation sites excluding steroid dienone is 4. The molecule has 0 saturated heterocycles. The average molecular weight is 653 g/mol. The molecule has 240 valence electrons. The highest BCUT2D eigenvalue weighted by atomic mass is 16.3. The van der Waals surface area contributed by atoms with Crippen LogP contribution in [-0.4, -0.2) is 4.57 Å². The molecule has 1 atom stereocenters. The molecule has 11 rings (SSSR count). The van der Waals surface area contributed by atoms with Gasteiger partial charge in [0, 0.05) is 50.2 Å². The molecule has 3 heteroatoms. The Kier molecular flexibility index (Phi) is 6.08. The molecule has 0 N–H and O–H groups in total. The number of anilines is 3. The van der Waals surface area contributed by atoms with Gasteiger partial charge in [0.1, 0.15) is 11.2 Å². The molecule has 0 bridgehead atoms. The van der Waals surface area contributed by atoms with Crippen molar-refractivity contribution in [3.05, 3.63) is 182 Å². The van der Waals surface area contributed by atoms with Gasteiger partial charge in [0.25, 0.3) is 0 Å². The van der Waals surface area contributed by atoms with Gasteiger partial charge in [-0.25, -0.2) is 0 Å². The Balaban J connectivity index is 1.04. The first kappa shape index (κ1) is 28.3. The first-order chi connectivity index (χ1) is 25.3. The van der Waals surface area contributed by atoms with Crippen LogP contribution in [0.3, 0.4) is 0 Å². The summed E-state index contributed by atoms with van der Waals surface area (Å²) in [6.07, 6.45) is 7.86. The van der Waals surface area contributed by atoms with Gasteiger partial charge in [-0.3, -0.25) is 0 Å². The number of nitrogens with zero attached hydrogens (tertiary/aromatic N) is 2. The van der Waals surface area contributed by atoms with Crippen molar-refractivity contribution < 1.29 is 4.42 Å². The third kappa shape index (κ3) is 4.31. The first-order valence-corrected chi connectivity index (χ1v) is 17.7. The van der Waals surface area contributed by atoms with Crippen LogP contribution in [0.4, 0.5) is 17.1 Å². The Morgan fingerprint density at radius 3 is 1.96 bits per heavy atom. The summed E-state index contributed by atoms with van der Waals surface area (Å²) < 4.78 is 8.71. The zero-order valence-electron chi connectivity index (χ0n) is 27.8. The summed E-state index contributed by atoms with van der Waals surface area (Å²) in [6, 6.07) is 57.0. The predicted molar refractivity (Wildman–Crippen MR) is 213 cm³/mol. The monoisotopic (exact) mass is 652 g/mol. The normalized spacial score (nSPS) is 14.8. The number of para-hydroxylation sites is 2. The Bertz CT molecular complexity index is 2870. The van der Waals surface area contributed by atoms with Crippen molar-refractivity contribution in [3.63, 3.8) is 0 Å². The van der Waals surface area contributed by atoms with Crippen LogP contribution in [0.1, 0.15) is 17.9 Å². The summed E-state index contributed by atoms with van der Waals surface area (Å²) in [6.45, 7) is 0. The highest BCUT2D eigenvalue weighted by Crippen LogP contribution is 2.50. The fourth-order valence-electron chi connectivity index (χ4n) is 8.50. The predicted octanol–water partition coefficient (Wildman–Crippen LogP) is 13.4. The quantitative estimate of drug-likeness (QED) is 0.184. The van der Waals surface area contributed by atoms with Crippen LogP contribution < -0.4 is 4.90 Å². The zero-order valence-corrected chi connectivity index (χ0v) is 27.8. The number of hydrogen-bond acceptors (Lipinski definition) is 2. The van der Waals surface area contributed by atoms with E-state index in [4.69, 9.17) is 4.42 Å². The average Bonchev–Trinajstić information content (AvgIpc) is 3.86. The lowest BCUT2D eigenvalue weighted by Gasteiger charge is -2.26. The molecule has 7 aromatic carbocycles. The number of hydrogen-bond donors (Lipinski definition) is 0. The van der Waals surface area contributed by atoms with Crippen LogP contribution in [0.2, 0.25) is 0 Å². The minimum Gasteiger partial charge on any atom is -0.456 e. The van der Waals surface area contributed by atoms with Crippen molar-refractivity contribution in [2.75, 3.05) is 4.90 Å². The van der Waals surface area contributed by atoms with Crippen LogP contribution in [0.5, 0.6) is 0 Å². The molecule has 0 spiro atoms. The fourth-order valence-corrected chi connectivity index (χ4v) is 8.50. The lowest BCUT2D eigenvalue weighted by molar-refractivity contribution is 0.669. The van der Waals surface area contributed by atoms with Gasteiger partial charge in [-0.2, -0.15) is 0 Å². The van der Waals surface area contributed by atoms with Crippen LogP contribution in [0.15, 0.2) is 180 Å². The standard InChI is InChI=1S/C48H32N2O/c1-2-10-31(11-3-1)32-18-22-35(23-19-32)49(37-26-27-47-41(30-37)40-14-6-9-17-46(40)51-47)36-24-20-33(21-25-36)34-28-42-38-12-4-7-15-44(38)50-45-16-8-5-13-39(45)43(29-34)48(42)50/h1-12,14-30,39H,13H2. The topological polar surface area (TPSA) is 21.3 Å². The first-order valence-electron chi connectivity index (χ1n) is 17.7. The molecule has 1 unspecified atom stereocenters. The van der Waals surface area contributed by atoms with Crippen LogP contribution in [0.25, 0.3) is 71.7 Å². The number of furan rings is 1. The van der Waals surface area contributed by atoms with Crippen molar-refractivity contribution in [3.8, 4) is 22.3 Å². The molecule has 0 saturated carbocycles. The van der Waals surface area contributed by atoms with E-state index < -0.39 is 0 Å². The molecule has 1 aliphatic carbocycles. The molecule has 0 radical (unpaired) electrons. The number of rotatable bonds is 5. The van der Waals surface area contributed by atoms with Crippen molar-refractivity contribution in [2.24, 2.45) is 0 Å². The van der Waals surface area contributed by atoms with E-state index in [2.05, 4.69) is 173 Å². The summed E-state index contributed by atoms with van der Waals surface area (Å²) in [4.78, 5) is 2.35. The molecule has 1 aliphatic heterocycles. The van der Waals surface area contributed by atoms with E-state index in [1.807, 2.05) is 12.1 Å². The lowest BCUT2D eigenvalue weighted by Crippen LogP contribution is -2.09. The molecule has 3 nitrogen and oxygen atoms in total. The number of benzene rings is 7. The Morgan fingerprint density at radius 2 is 1.16 bits per heavy atom. The summed E-state index contributed by atoms with van der Waals surface area (Å²) >= 11 is 0.